The van der Waals surface area contributed by atoms with Crippen LogP contribution in [0.15, 0.2) is 42.6 Å². The van der Waals surface area contributed by atoms with E-state index in [1.165, 1.54) is 24.8 Å². The van der Waals surface area contributed by atoms with Gasteiger partial charge in [-0.05, 0) is 81.1 Å². The predicted octanol–water partition coefficient (Wildman–Crippen LogP) is 5.15. The highest BCUT2D eigenvalue weighted by molar-refractivity contribution is 7.80. The van der Waals surface area contributed by atoms with Gasteiger partial charge in [-0.25, -0.2) is 4.98 Å². The van der Waals surface area contributed by atoms with Crippen molar-refractivity contribution in [1.29, 1.82) is 0 Å². The Morgan fingerprint density at radius 3 is 2.81 bits per heavy atom. The number of rotatable bonds is 5. The van der Waals surface area contributed by atoms with Crippen molar-refractivity contribution >= 4 is 40.4 Å². The van der Waals surface area contributed by atoms with E-state index in [1.807, 2.05) is 18.3 Å². The first-order chi connectivity index (χ1) is 15.1. The molecule has 2 aromatic rings. The number of ether oxygens (including phenoxy) is 1. The van der Waals surface area contributed by atoms with Crippen LogP contribution in [0.2, 0.25) is 5.02 Å². The van der Waals surface area contributed by atoms with Crippen molar-refractivity contribution in [1.82, 2.24) is 10.3 Å². The van der Waals surface area contributed by atoms with Crippen molar-refractivity contribution in [2.75, 3.05) is 36.5 Å². The van der Waals surface area contributed by atoms with Crippen molar-refractivity contribution in [3.05, 3.63) is 53.2 Å². The average Bonchev–Trinajstić information content (AvgIpc) is 2.79. The molecule has 0 spiro atoms. The van der Waals surface area contributed by atoms with E-state index in [1.54, 1.807) is 0 Å². The Bertz CT molecular complexity index is 885. The van der Waals surface area contributed by atoms with Crippen molar-refractivity contribution in [3.63, 3.8) is 0 Å². The van der Waals surface area contributed by atoms with E-state index in [0.717, 1.165) is 55.7 Å². The summed E-state index contributed by atoms with van der Waals surface area (Å²) in [5.41, 5.74) is 2.09. The molecule has 0 amide bonds. The summed E-state index contributed by atoms with van der Waals surface area (Å²) in [7, 11) is 0. The van der Waals surface area contributed by atoms with E-state index >= 15 is 0 Å². The minimum absolute atomic E-state index is 0.0403. The van der Waals surface area contributed by atoms with E-state index in [9.17, 15) is 0 Å². The van der Waals surface area contributed by atoms with Crippen LogP contribution in [0.4, 0.5) is 11.5 Å². The van der Waals surface area contributed by atoms with Crippen molar-refractivity contribution < 1.29 is 4.74 Å². The Morgan fingerprint density at radius 1 is 1.26 bits per heavy atom. The van der Waals surface area contributed by atoms with E-state index in [4.69, 9.17) is 28.6 Å². The molecule has 4 rings (SSSR count). The van der Waals surface area contributed by atoms with Crippen LogP contribution in [0, 0.1) is 0 Å². The Labute approximate surface area is 195 Å². The lowest BCUT2D eigenvalue weighted by Gasteiger charge is -2.38. The van der Waals surface area contributed by atoms with Gasteiger partial charge in [-0.3, -0.25) is 0 Å². The second kappa shape index (κ2) is 10.2. The first-order valence-corrected chi connectivity index (χ1v) is 12.0. The molecule has 0 saturated carbocycles. The first kappa shape index (κ1) is 22.3. The highest BCUT2D eigenvalue weighted by Crippen LogP contribution is 2.35. The van der Waals surface area contributed by atoms with Crippen LogP contribution in [-0.2, 0) is 10.2 Å². The Hall–Kier alpha value is -1.89. The van der Waals surface area contributed by atoms with Crippen LogP contribution in [-0.4, -0.2) is 42.4 Å². The number of thiocarbonyl (C=S) groups is 1. The monoisotopic (exact) mass is 458 g/mol. The van der Waals surface area contributed by atoms with Crippen LogP contribution >= 0.6 is 23.8 Å². The molecule has 2 fully saturated rings. The third-order valence-corrected chi connectivity index (χ3v) is 7.06. The summed E-state index contributed by atoms with van der Waals surface area (Å²) in [5, 5.41) is 8.08. The van der Waals surface area contributed by atoms with Gasteiger partial charge in [0.05, 0.1) is 11.9 Å². The number of nitrogens with one attached hydrogen (secondary N) is 2. The molecule has 1 aromatic carbocycles. The standard InChI is InChI=1S/C24H31ClN4OS/c1-18-5-2-3-12-29(18)22-9-8-21(16-26-22)28-23(31)27-17-24(10-13-30-14-11-24)19-6-4-7-20(25)15-19/h4,6-9,15-16,18H,2-3,5,10-14,17H2,1H3,(H2,27,28,31)/t18-/m1/s1. The molecule has 3 heterocycles. The summed E-state index contributed by atoms with van der Waals surface area (Å²) < 4.78 is 5.63. The summed E-state index contributed by atoms with van der Waals surface area (Å²) in [4.78, 5) is 7.06. The molecule has 2 saturated heterocycles. The van der Waals surface area contributed by atoms with E-state index in [2.05, 4.69) is 51.7 Å². The summed E-state index contributed by atoms with van der Waals surface area (Å²) in [6.07, 6.45) is 7.51. The molecule has 0 radical (unpaired) electrons. The third-order valence-electron chi connectivity index (χ3n) is 6.58. The van der Waals surface area contributed by atoms with Crippen LogP contribution in [0.1, 0.15) is 44.6 Å². The van der Waals surface area contributed by atoms with Crippen LogP contribution in [0.3, 0.4) is 0 Å². The molecule has 166 valence electrons. The molecule has 0 bridgehead atoms. The van der Waals surface area contributed by atoms with Crippen molar-refractivity contribution in [2.45, 2.75) is 50.5 Å². The molecule has 5 nitrogen and oxygen atoms in total. The normalized spacial score (nSPS) is 20.8. The zero-order chi connectivity index (χ0) is 21.7. The molecule has 2 N–H and O–H groups in total. The van der Waals surface area contributed by atoms with Crippen molar-refractivity contribution in [2.24, 2.45) is 0 Å². The second-order valence-corrected chi connectivity index (χ2v) is 9.50. The molecule has 7 heteroatoms. The Kier molecular flexibility index (Phi) is 7.31. The van der Waals surface area contributed by atoms with Gasteiger partial charge in [0.1, 0.15) is 5.82 Å². The molecule has 1 atom stereocenters. The number of hydrogen-bond donors (Lipinski definition) is 2. The number of nitrogens with zero attached hydrogens (tertiary/aromatic N) is 2. The lowest BCUT2D eigenvalue weighted by molar-refractivity contribution is 0.0515. The lowest BCUT2D eigenvalue weighted by Crippen LogP contribution is -2.45. The number of benzene rings is 1. The maximum absolute atomic E-state index is 6.27. The van der Waals surface area contributed by atoms with Gasteiger partial charge in [-0.1, -0.05) is 23.7 Å². The fourth-order valence-corrected chi connectivity index (χ4v) is 5.02. The largest absolute Gasteiger partial charge is 0.381 e. The number of anilines is 2. The van der Waals surface area contributed by atoms with Crippen LogP contribution in [0.5, 0.6) is 0 Å². The first-order valence-electron chi connectivity index (χ1n) is 11.2. The van der Waals surface area contributed by atoms with Gasteiger partial charge in [-0.15, -0.1) is 0 Å². The number of halogens is 1. The lowest BCUT2D eigenvalue weighted by atomic mass is 9.74. The molecule has 2 aliphatic heterocycles. The third kappa shape index (κ3) is 5.48. The highest BCUT2D eigenvalue weighted by Gasteiger charge is 2.34. The zero-order valence-corrected chi connectivity index (χ0v) is 19.6. The molecular formula is C24H31ClN4OS. The number of pyridine rings is 1. The topological polar surface area (TPSA) is 49.4 Å². The highest BCUT2D eigenvalue weighted by atomic mass is 35.5. The molecule has 1 aromatic heterocycles. The summed E-state index contributed by atoms with van der Waals surface area (Å²) in [5.74, 6) is 1.04. The van der Waals surface area contributed by atoms with Crippen molar-refractivity contribution in [3.8, 4) is 0 Å². The average molecular weight is 459 g/mol. The minimum Gasteiger partial charge on any atom is -0.381 e. The molecular weight excluding hydrogens is 428 g/mol. The smallest absolute Gasteiger partial charge is 0.170 e. The Balaban J connectivity index is 1.37. The number of piperidine rings is 1. The predicted molar refractivity (Wildman–Crippen MR) is 132 cm³/mol. The zero-order valence-electron chi connectivity index (χ0n) is 18.1. The number of hydrogen-bond acceptors (Lipinski definition) is 4. The summed E-state index contributed by atoms with van der Waals surface area (Å²) in [6, 6.07) is 12.8. The van der Waals surface area contributed by atoms with Crippen LogP contribution < -0.4 is 15.5 Å². The second-order valence-electron chi connectivity index (χ2n) is 8.65. The van der Waals surface area contributed by atoms with E-state index < -0.39 is 0 Å². The van der Waals surface area contributed by atoms with Gasteiger partial charge in [0, 0.05) is 42.8 Å². The van der Waals surface area contributed by atoms with E-state index in [-0.39, 0.29) is 5.41 Å². The van der Waals surface area contributed by atoms with Gasteiger partial charge >= 0.3 is 0 Å². The van der Waals surface area contributed by atoms with Gasteiger partial charge in [-0.2, -0.15) is 0 Å². The molecule has 2 aliphatic rings. The molecule has 31 heavy (non-hydrogen) atoms. The quantitative estimate of drug-likeness (QED) is 0.604. The number of aromatic nitrogens is 1. The van der Waals surface area contributed by atoms with Gasteiger partial charge in [0.15, 0.2) is 5.11 Å². The van der Waals surface area contributed by atoms with E-state index in [0.29, 0.717) is 11.2 Å². The maximum Gasteiger partial charge on any atom is 0.170 e. The Morgan fingerprint density at radius 2 is 2.10 bits per heavy atom. The SMILES string of the molecule is C[C@@H]1CCCCN1c1ccc(NC(=S)NCC2(c3cccc(Cl)c3)CCOCC2)cn1. The molecule has 0 unspecified atom stereocenters. The fraction of sp³-hybridized carbons (Fsp3) is 0.500. The fourth-order valence-electron chi connectivity index (χ4n) is 4.64. The maximum atomic E-state index is 6.27. The summed E-state index contributed by atoms with van der Waals surface area (Å²) in [6.45, 7) is 5.58. The van der Waals surface area contributed by atoms with Crippen LogP contribution in [0.25, 0.3) is 0 Å². The van der Waals surface area contributed by atoms with Gasteiger partial charge in [0.25, 0.3) is 0 Å². The summed E-state index contributed by atoms with van der Waals surface area (Å²) >= 11 is 11.9. The minimum atomic E-state index is -0.0403. The molecule has 0 aliphatic carbocycles. The van der Waals surface area contributed by atoms with Gasteiger partial charge in [0.2, 0.25) is 0 Å². The van der Waals surface area contributed by atoms with Gasteiger partial charge < -0.3 is 20.3 Å².